The number of rotatable bonds is 1. The van der Waals surface area contributed by atoms with Crippen molar-refractivity contribution in [2.24, 2.45) is 0 Å². The lowest BCUT2D eigenvalue weighted by Gasteiger charge is -2.29. The highest BCUT2D eigenvalue weighted by atomic mass is 16.6. The molecule has 0 bridgehead atoms. The number of nitrogens with zero attached hydrogens (tertiary/aromatic N) is 1. The number of nitro groups is 1. The molecule has 1 unspecified atom stereocenters. The molecule has 2 aromatic rings. The second-order valence-electron chi connectivity index (χ2n) is 5.49. The zero-order chi connectivity index (χ0) is 13.7. The molecule has 1 aliphatic rings. The molecule has 0 spiro atoms. The molecule has 1 aromatic heterocycles. The maximum absolute atomic E-state index is 10.9. The normalized spacial score (nSPS) is 26.4. The van der Waals surface area contributed by atoms with Crippen LogP contribution in [0.3, 0.4) is 0 Å². The molecule has 5 nitrogen and oxygen atoms in total. The molecule has 1 aromatic carbocycles. The van der Waals surface area contributed by atoms with Crippen molar-refractivity contribution >= 4 is 16.7 Å². The molecule has 0 saturated carbocycles. The van der Waals surface area contributed by atoms with Crippen molar-refractivity contribution in [3.8, 4) is 0 Å². The first kappa shape index (κ1) is 12.2. The van der Waals surface area contributed by atoms with Gasteiger partial charge in [0.1, 0.15) is 17.4 Å². The third-order valence-corrected chi connectivity index (χ3v) is 4.20. The minimum absolute atomic E-state index is 0.124. The molecule has 0 aliphatic carbocycles. The predicted molar refractivity (Wildman–Crippen MR) is 71.5 cm³/mol. The highest BCUT2D eigenvalue weighted by Gasteiger charge is 2.35. The number of furan rings is 1. The molecule has 0 amide bonds. The minimum atomic E-state index is -0.355. The van der Waals surface area contributed by atoms with E-state index in [1.165, 1.54) is 11.0 Å². The summed E-state index contributed by atoms with van der Waals surface area (Å²) in [4.78, 5) is 12.0. The summed E-state index contributed by atoms with van der Waals surface area (Å²) in [6.45, 7) is 5.31. The van der Waals surface area contributed by atoms with E-state index in [2.05, 4.69) is 20.9 Å². The molecular weight excluding hydrogens is 244 g/mol. The average molecular weight is 261 g/mol. The summed E-state index contributed by atoms with van der Waals surface area (Å²) in [5.74, 6) is 1.34. The van der Waals surface area contributed by atoms with Crippen LogP contribution in [0.4, 0.5) is 5.69 Å². The molecule has 0 radical (unpaired) electrons. The average Bonchev–Trinajstić information content (AvgIpc) is 2.75. The number of hydrogen-bond donors (Lipinski definition) is 1. The maximum Gasteiger partial charge on any atom is 0.270 e. The van der Waals surface area contributed by atoms with Crippen molar-refractivity contribution < 1.29 is 14.2 Å². The number of nitrogens with one attached hydrogen (secondary N) is 1. The largest absolute Gasteiger partial charge is 0.460 e. The highest BCUT2D eigenvalue weighted by molar-refractivity contribution is 5.85. The zero-order valence-electron chi connectivity index (χ0n) is 11.3. The third kappa shape index (κ3) is 1.73. The van der Waals surface area contributed by atoms with Crippen LogP contribution in [-0.4, -0.2) is 18.5 Å². The van der Waals surface area contributed by atoms with Crippen LogP contribution in [0, 0.1) is 10.1 Å². The molecule has 1 N–H and O–H groups in total. The van der Waals surface area contributed by atoms with Crippen LogP contribution in [0.15, 0.2) is 22.6 Å². The molecule has 0 fully saturated rings. The van der Waals surface area contributed by atoms with Crippen molar-refractivity contribution in [2.75, 3.05) is 13.6 Å². The zero-order valence-corrected chi connectivity index (χ0v) is 11.3. The third-order valence-electron chi connectivity index (χ3n) is 4.20. The first-order valence-electron chi connectivity index (χ1n) is 6.52. The van der Waals surface area contributed by atoms with Gasteiger partial charge in [0.05, 0.1) is 30.0 Å². The Bertz CT molecular complexity index is 662. The summed E-state index contributed by atoms with van der Waals surface area (Å²) >= 11 is 0. The van der Waals surface area contributed by atoms with Gasteiger partial charge in [0.25, 0.3) is 5.69 Å². The van der Waals surface area contributed by atoms with Gasteiger partial charge in [-0.2, -0.15) is 0 Å². The molecular formula is C14H17N2O3+. The summed E-state index contributed by atoms with van der Waals surface area (Å²) in [6.07, 6.45) is 0. The van der Waals surface area contributed by atoms with Crippen molar-refractivity contribution in [3.63, 3.8) is 0 Å². The van der Waals surface area contributed by atoms with Gasteiger partial charge in [-0.25, -0.2) is 0 Å². The molecule has 3 rings (SSSR count). The van der Waals surface area contributed by atoms with E-state index in [0.717, 1.165) is 28.8 Å². The Morgan fingerprint density at radius 2 is 2.16 bits per heavy atom. The fourth-order valence-corrected chi connectivity index (χ4v) is 3.05. The maximum atomic E-state index is 10.9. The van der Waals surface area contributed by atoms with E-state index < -0.39 is 0 Å². The van der Waals surface area contributed by atoms with Crippen molar-refractivity contribution in [1.82, 2.24) is 0 Å². The molecule has 5 heteroatoms. The number of non-ortho nitro benzene ring substituents is 1. The Hall–Kier alpha value is -1.88. The van der Waals surface area contributed by atoms with Crippen LogP contribution < -0.4 is 4.90 Å². The van der Waals surface area contributed by atoms with Gasteiger partial charge in [0, 0.05) is 17.5 Å². The summed E-state index contributed by atoms with van der Waals surface area (Å²) in [5.41, 5.74) is 2.01. The minimum Gasteiger partial charge on any atom is -0.460 e. The van der Waals surface area contributed by atoms with Crippen LogP contribution in [0.1, 0.15) is 37.1 Å². The fourth-order valence-electron chi connectivity index (χ4n) is 3.05. The van der Waals surface area contributed by atoms with E-state index in [4.69, 9.17) is 4.42 Å². The van der Waals surface area contributed by atoms with Gasteiger partial charge in [0.15, 0.2) is 0 Å². The van der Waals surface area contributed by atoms with E-state index in [0.29, 0.717) is 12.0 Å². The monoisotopic (exact) mass is 261 g/mol. The predicted octanol–water partition coefficient (Wildman–Crippen LogP) is 2.03. The molecule has 19 heavy (non-hydrogen) atoms. The number of quaternary nitrogens is 1. The van der Waals surface area contributed by atoms with Gasteiger partial charge in [-0.3, -0.25) is 10.1 Å². The Morgan fingerprint density at radius 1 is 1.42 bits per heavy atom. The Labute approximate surface area is 111 Å². The first-order valence-corrected chi connectivity index (χ1v) is 6.52. The second kappa shape index (κ2) is 4.06. The van der Waals surface area contributed by atoms with Gasteiger partial charge in [-0.1, -0.05) is 0 Å². The van der Waals surface area contributed by atoms with Crippen molar-refractivity contribution in [3.05, 3.63) is 39.6 Å². The summed E-state index contributed by atoms with van der Waals surface area (Å²) in [6, 6.07) is 5.15. The van der Waals surface area contributed by atoms with Crippen LogP contribution >= 0.6 is 0 Å². The number of likely N-dealkylation sites (N-methyl/N-ethyl adjacent to an activating group) is 1. The Morgan fingerprint density at radius 3 is 2.84 bits per heavy atom. The van der Waals surface area contributed by atoms with Gasteiger partial charge in [-0.05, 0) is 19.9 Å². The van der Waals surface area contributed by atoms with Crippen LogP contribution in [0.2, 0.25) is 0 Å². The summed E-state index contributed by atoms with van der Waals surface area (Å²) in [5, 5.41) is 11.8. The Kier molecular flexibility index (Phi) is 2.60. The second-order valence-corrected chi connectivity index (χ2v) is 5.49. The topological polar surface area (TPSA) is 60.7 Å². The van der Waals surface area contributed by atoms with Gasteiger partial charge >= 0.3 is 0 Å². The van der Waals surface area contributed by atoms with E-state index in [1.807, 2.05) is 0 Å². The van der Waals surface area contributed by atoms with Crippen LogP contribution in [0.25, 0.3) is 11.0 Å². The molecule has 1 aliphatic heterocycles. The van der Waals surface area contributed by atoms with Gasteiger partial charge in [0.2, 0.25) is 0 Å². The summed E-state index contributed by atoms with van der Waals surface area (Å²) in [7, 11) is 2.15. The van der Waals surface area contributed by atoms with Crippen LogP contribution in [0.5, 0.6) is 0 Å². The SMILES string of the molecule is C[C@@H]1C[NH+](C)[C@H](C)c2c1oc1ccc([N+](=O)[O-])cc21. The Balaban J connectivity index is 2.28. The van der Waals surface area contributed by atoms with E-state index in [9.17, 15) is 10.1 Å². The van der Waals surface area contributed by atoms with Crippen molar-refractivity contribution in [1.29, 1.82) is 0 Å². The number of benzene rings is 1. The number of fused-ring (bicyclic) bond motifs is 3. The molecule has 100 valence electrons. The first-order chi connectivity index (χ1) is 8.99. The standard InChI is InChI=1S/C14H16N2O3/c1-8-7-15(3)9(2)13-11-6-10(16(17)18)4-5-12(11)19-14(8)13/h4-6,8-9H,7H2,1-3H3/p+1/t8-,9-/m1/s1. The lowest BCUT2D eigenvalue weighted by molar-refractivity contribution is -0.914. The number of nitro benzene ring substituents is 1. The van der Waals surface area contributed by atoms with Crippen molar-refractivity contribution in [2.45, 2.75) is 25.8 Å². The van der Waals surface area contributed by atoms with Gasteiger partial charge in [-0.15, -0.1) is 0 Å². The van der Waals surface area contributed by atoms with E-state index >= 15 is 0 Å². The quantitative estimate of drug-likeness (QED) is 0.631. The van der Waals surface area contributed by atoms with Crippen LogP contribution in [-0.2, 0) is 0 Å². The van der Waals surface area contributed by atoms with E-state index in [-0.39, 0.29) is 10.6 Å². The molecule has 0 saturated heterocycles. The molecule has 3 atom stereocenters. The van der Waals surface area contributed by atoms with E-state index in [1.54, 1.807) is 12.1 Å². The number of hydrogen-bond acceptors (Lipinski definition) is 3. The summed E-state index contributed by atoms with van der Waals surface area (Å²) < 4.78 is 5.92. The van der Waals surface area contributed by atoms with Gasteiger partial charge < -0.3 is 9.32 Å². The smallest absolute Gasteiger partial charge is 0.270 e. The fraction of sp³-hybridized carbons (Fsp3) is 0.429. The lowest BCUT2D eigenvalue weighted by atomic mass is 9.92. The molecule has 2 heterocycles. The highest BCUT2D eigenvalue weighted by Crippen LogP contribution is 2.37. The lowest BCUT2D eigenvalue weighted by Crippen LogP contribution is -3.10.